The third kappa shape index (κ3) is 7.65. The van der Waals surface area contributed by atoms with Crippen molar-refractivity contribution in [3.05, 3.63) is 72.1 Å². The van der Waals surface area contributed by atoms with Crippen LogP contribution >= 0.6 is 23.4 Å². The van der Waals surface area contributed by atoms with Crippen LogP contribution in [0.25, 0.3) is 0 Å². The lowest BCUT2D eigenvalue weighted by Crippen LogP contribution is -2.17. The van der Waals surface area contributed by atoms with E-state index in [4.69, 9.17) is 11.6 Å². The second-order valence-electron chi connectivity index (χ2n) is 6.40. The minimum atomic E-state index is -4.79. The van der Waals surface area contributed by atoms with Gasteiger partial charge in [-0.05, 0) is 54.1 Å². The van der Waals surface area contributed by atoms with Crippen molar-refractivity contribution < 1.29 is 27.5 Å². The van der Waals surface area contributed by atoms with Crippen LogP contribution in [0.5, 0.6) is 5.75 Å². The number of nitrogens with zero attached hydrogens (tertiary/aromatic N) is 2. The number of amides is 2. The summed E-state index contributed by atoms with van der Waals surface area (Å²) in [5.41, 5.74) is 1.42. The van der Waals surface area contributed by atoms with Gasteiger partial charge in [-0.3, -0.25) is 9.59 Å². The van der Waals surface area contributed by atoms with E-state index in [2.05, 4.69) is 25.3 Å². The van der Waals surface area contributed by atoms with Crippen molar-refractivity contribution in [1.29, 1.82) is 0 Å². The number of pyridine rings is 2. The summed E-state index contributed by atoms with van der Waals surface area (Å²) in [7, 11) is 0. The first-order valence-electron chi connectivity index (χ1n) is 9.29. The fourth-order valence-corrected chi connectivity index (χ4v) is 3.58. The number of alkyl halides is 4. The number of anilines is 2. The largest absolute Gasteiger partial charge is 0.573 e. The highest BCUT2D eigenvalue weighted by Gasteiger charge is 2.31. The lowest BCUT2D eigenvalue weighted by Gasteiger charge is -2.11. The first kappa shape index (κ1) is 24.3. The van der Waals surface area contributed by atoms with Gasteiger partial charge in [-0.15, -0.1) is 36.5 Å². The molecule has 0 atom stereocenters. The van der Waals surface area contributed by atoms with E-state index < -0.39 is 18.0 Å². The summed E-state index contributed by atoms with van der Waals surface area (Å²) in [6.45, 7) is 0. The van der Waals surface area contributed by atoms with E-state index in [1.54, 1.807) is 30.5 Å². The average molecular weight is 497 g/mol. The predicted molar refractivity (Wildman–Crippen MR) is 118 cm³/mol. The van der Waals surface area contributed by atoms with Gasteiger partial charge >= 0.3 is 6.36 Å². The maximum atomic E-state index is 12.7. The van der Waals surface area contributed by atoms with E-state index in [1.165, 1.54) is 30.1 Å². The standard InChI is InChI=1S/C21H16ClF3N4O3S/c22-11-18(30)29-17-10-13(7-9-26-17)12-33-20-16(2-1-8-27-20)19(31)28-14-3-5-15(6-4-14)32-21(23,24)25/h1-10H,11-12H2,(H,28,31)(H,26,29,30). The number of nitrogens with one attached hydrogen (secondary N) is 2. The van der Waals surface area contributed by atoms with Gasteiger partial charge in [0.2, 0.25) is 5.91 Å². The van der Waals surface area contributed by atoms with Crippen molar-refractivity contribution in [3.63, 3.8) is 0 Å². The molecular formula is C21H16ClF3N4O3S. The molecule has 172 valence electrons. The summed E-state index contributed by atoms with van der Waals surface area (Å²) in [6, 6.07) is 11.4. The molecule has 0 aliphatic carbocycles. The Morgan fingerprint density at radius 3 is 2.48 bits per heavy atom. The van der Waals surface area contributed by atoms with Crippen LogP contribution < -0.4 is 15.4 Å². The molecule has 12 heteroatoms. The van der Waals surface area contributed by atoms with E-state index in [-0.39, 0.29) is 11.8 Å². The SMILES string of the molecule is O=C(CCl)Nc1cc(CSc2ncccc2C(=O)Nc2ccc(OC(F)(F)F)cc2)ccn1. The number of benzene rings is 1. The first-order chi connectivity index (χ1) is 15.7. The summed E-state index contributed by atoms with van der Waals surface area (Å²) in [5, 5.41) is 5.64. The first-order valence-corrected chi connectivity index (χ1v) is 10.8. The lowest BCUT2D eigenvalue weighted by atomic mass is 10.2. The van der Waals surface area contributed by atoms with Gasteiger partial charge in [0.15, 0.2) is 0 Å². The number of thioether (sulfide) groups is 1. The summed E-state index contributed by atoms with van der Waals surface area (Å²) < 4.78 is 40.7. The zero-order valence-corrected chi connectivity index (χ0v) is 18.3. The number of ether oxygens (including phenoxy) is 1. The van der Waals surface area contributed by atoms with Gasteiger partial charge in [0, 0.05) is 23.8 Å². The number of aromatic nitrogens is 2. The van der Waals surface area contributed by atoms with Crippen LogP contribution in [-0.2, 0) is 10.5 Å². The fourth-order valence-electron chi connectivity index (χ4n) is 2.58. The zero-order valence-electron chi connectivity index (χ0n) is 16.7. The second kappa shape index (κ2) is 11.0. The Morgan fingerprint density at radius 1 is 1.03 bits per heavy atom. The molecule has 0 fully saturated rings. The molecule has 0 saturated heterocycles. The van der Waals surface area contributed by atoms with E-state index in [0.29, 0.717) is 27.8 Å². The van der Waals surface area contributed by atoms with Crippen molar-refractivity contribution in [2.24, 2.45) is 0 Å². The molecule has 33 heavy (non-hydrogen) atoms. The minimum absolute atomic E-state index is 0.189. The van der Waals surface area contributed by atoms with Crippen molar-refractivity contribution in [1.82, 2.24) is 9.97 Å². The Morgan fingerprint density at radius 2 is 1.79 bits per heavy atom. The maximum absolute atomic E-state index is 12.7. The molecule has 7 nitrogen and oxygen atoms in total. The summed E-state index contributed by atoms with van der Waals surface area (Å²) in [4.78, 5) is 32.4. The van der Waals surface area contributed by atoms with Crippen molar-refractivity contribution in [3.8, 4) is 5.75 Å². The number of carbonyl (C=O) groups excluding carboxylic acids is 2. The van der Waals surface area contributed by atoms with Gasteiger partial charge in [-0.1, -0.05) is 0 Å². The second-order valence-corrected chi connectivity index (χ2v) is 7.63. The number of hydrogen-bond donors (Lipinski definition) is 2. The average Bonchev–Trinajstić information content (AvgIpc) is 2.78. The van der Waals surface area contributed by atoms with Crippen LogP contribution in [0.15, 0.2) is 66.0 Å². The number of carbonyl (C=O) groups is 2. The van der Waals surface area contributed by atoms with Crippen LogP contribution in [0.2, 0.25) is 0 Å². The van der Waals surface area contributed by atoms with Crippen LogP contribution in [0.1, 0.15) is 15.9 Å². The predicted octanol–water partition coefficient (Wildman–Crippen LogP) is 5.10. The monoisotopic (exact) mass is 496 g/mol. The van der Waals surface area contributed by atoms with Crippen molar-refractivity contribution in [2.75, 3.05) is 16.5 Å². The molecule has 0 saturated carbocycles. The molecule has 2 N–H and O–H groups in total. The Labute approximate surface area is 195 Å². The van der Waals surface area contributed by atoms with Crippen LogP contribution in [0.4, 0.5) is 24.7 Å². The van der Waals surface area contributed by atoms with Gasteiger partial charge in [-0.2, -0.15) is 0 Å². The van der Waals surface area contributed by atoms with Gasteiger partial charge in [-0.25, -0.2) is 9.97 Å². The molecule has 1 aromatic carbocycles. The Hall–Kier alpha value is -3.31. The molecule has 0 bridgehead atoms. The summed E-state index contributed by atoms with van der Waals surface area (Å²) in [6.07, 6.45) is -1.71. The van der Waals surface area contributed by atoms with Gasteiger partial charge in [0.05, 0.1) is 5.56 Å². The third-order valence-corrected chi connectivity index (χ3v) is 5.27. The fraction of sp³-hybridized carbons (Fsp3) is 0.143. The molecule has 0 aliphatic rings. The molecule has 0 aliphatic heterocycles. The molecular weight excluding hydrogens is 481 g/mol. The lowest BCUT2D eigenvalue weighted by molar-refractivity contribution is -0.274. The highest BCUT2D eigenvalue weighted by molar-refractivity contribution is 7.98. The maximum Gasteiger partial charge on any atom is 0.573 e. The molecule has 0 radical (unpaired) electrons. The minimum Gasteiger partial charge on any atom is -0.406 e. The van der Waals surface area contributed by atoms with Gasteiger partial charge in [0.25, 0.3) is 5.91 Å². The quantitative estimate of drug-likeness (QED) is 0.333. The Kier molecular flexibility index (Phi) is 8.12. The van der Waals surface area contributed by atoms with E-state index in [9.17, 15) is 22.8 Å². The van der Waals surface area contributed by atoms with Gasteiger partial charge in [0.1, 0.15) is 22.5 Å². The van der Waals surface area contributed by atoms with Crippen LogP contribution in [-0.4, -0.2) is 34.0 Å². The highest BCUT2D eigenvalue weighted by atomic mass is 35.5. The third-order valence-electron chi connectivity index (χ3n) is 3.95. The molecule has 3 rings (SSSR count). The number of hydrogen-bond acceptors (Lipinski definition) is 6. The van der Waals surface area contributed by atoms with Crippen LogP contribution in [0.3, 0.4) is 0 Å². The molecule has 0 spiro atoms. The number of halogens is 4. The topological polar surface area (TPSA) is 93.2 Å². The van der Waals surface area contributed by atoms with E-state index in [0.717, 1.165) is 17.7 Å². The van der Waals surface area contributed by atoms with Crippen LogP contribution in [0, 0.1) is 0 Å². The molecule has 2 amide bonds. The molecule has 2 aromatic heterocycles. The van der Waals surface area contributed by atoms with E-state index in [1.807, 2.05) is 0 Å². The summed E-state index contributed by atoms with van der Waals surface area (Å²) >= 11 is 6.78. The smallest absolute Gasteiger partial charge is 0.406 e. The Bertz CT molecular complexity index is 1130. The number of rotatable bonds is 8. The van der Waals surface area contributed by atoms with Crippen molar-refractivity contribution >= 4 is 46.7 Å². The molecule has 3 aromatic rings. The molecule has 0 unspecified atom stereocenters. The molecule has 2 heterocycles. The Balaban J connectivity index is 1.66. The van der Waals surface area contributed by atoms with E-state index >= 15 is 0 Å². The summed E-state index contributed by atoms with van der Waals surface area (Å²) in [5.74, 6) is -0.638. The highest BCUT2D eigenvalue weighted by Crippen LogP contribution is 2.27. The zero-order chi connectivity index (χ0) is 23.8. The van der Waals surface area contributed by atoms with Gasteiger partial charge < -0.3 is 15.4 Å². The normalized spacial score (nSPS) is 11.0. The van der Waals surface area contributed by atoms with Crippen molar-refractivity contribution in [2.45, 2.75) is 17.1 Å².